The van der Waals surface area contributed by atoms with Gasteiger partial charge in [-0.2, -0.15) is 0 Å². The van der Waals surface area contributed by atoms with Gasteiger partial charge in [0.1, 0.15) is 17.6 Å². The quantitative estimate of drug-likeness (QED) is 0.801. The van der Waals surface area contributed by atoms with Gasteiger partial charge in [-0.3, -0.25) is 4.79 Å². The van der Waals surface area contributed by atoms with E-state index in [1.807, 2.05) is 12.1 Å². The van der Waals surface area contributed by atoms with Crippen LogP contribution in [-0.2, 0) is 4.79 Å². The van der Waals surface area contributed by atoms with Gasteiger partial charge in [0.05, 0.1) is 0 Å². The van der Waals surface area contributed by atoms with Crippen LogP contribution >= 0.6 is 0 Å². The molecule has 0 bridgehead atoms. The van der Waals surface area contributed by atoms with Crippen LogP contribution in [0.1, 0.15) is 33.1 Å². The minimum absolute atomic E-state index is 0.0736. The zero-order valence-corrected chi connectivity index (χ0v) is 11.2. The summed E-state index contributed by atoms with van der Waals surface area (Å²) in [4.78, 5) is 13.5. The Bertz CT molecular complexity index is 413. The smallest absolute Gasteiger partial charge is 0.136 e. The van der Waals surface area contributed by atoms with Gasteiger partial charge in [-0.25, -0.2) is 0 Å². The van der Waals surface area contributed by atoms with E-state index >= 15 is 0 Å². The summed E-state index contributed by atoms with van der Waals surface area (Å²) in [5.74, 6) is 1.19. The predicted molar refractivity (Wildman–Crippen MR) is 73.3 cm³/mol. The summed E-state index contributed by atoms with van der Waals surface area (Å²) in [5, 5.41) is 0. The van der Waals surface area contributed by atoms with Crippen LogP contribution in [0.15, 0.2) is 24.3 Å². The molecule has 2 rings (SSSR count). The van der Waals surface area contributed by atoms with Gasteiger partial charge < -0.3 is 9.64 Å². The maximum atomic E-state index is 11.2. The van der Waals surface area contributed by atoms with Gasteiger partial charge in [0, 0.05) is 37.7 Å². The second kappa shape index (κ2) is 5.89. The van der Waals surface area contributed by atoms with Crippen LogP contribution in [0.2, 0.25) is 0 Å². The van der Waals surface area contributed by atoms with Crippen molar-refractivity contribution in [2.45, 2.75) is 39.2 Å². The fourth-order valence-corrected chi connectivity index (χ4v) is 2.42. The summed E-state index contributed by atoms with van der Waals surface area (Å²) in [5.41, 5.74) is 1.18. The highest BCUT2D eigenvalue weighted by Gasteiger charge is 2.23. The van der Waals surface area contributed by atoms with Crippen LogP contribution in [0.4, 0.5) is 5.69 Å². The highest BCUT2D eigenvalue weighted by molar-refractivity contribution is 5.81. The highest BCUT2D eigenvalue weighted by atomic mass is 16.5. The number of ketones is 1. The zero-order valence-electron chi connectivity index (χ0n) is 11.2. The number of anilines is 1. The Kier molecular flexibility index (Phi) is 4.24. The van der Waals surface area contributed by atoms with Crippen LogP contribution < -0.4 is 9.64 Å². The molecule has 3 nitrogen and oxygen atoms in total. The number of rotatable bonds is 5. The second-order valence-corrected chi connectivity index (χ2v) is 4.69. The van der Waals surface area contributed by atoms with Crippen molar-refractivity contribution in [3.63, 3.8) is 0 Å². The molecule has 0 saturated heterocycles. The van der Waals surface area contributed by atoms with Gasteiger partial charge in [0.15, 0.2) is 0 Å². The average Bonchev–Trinajstić information content (AvgIpc) is 2.77. The molecular formula is C15H21NO2. The first-order chi connectivity index (χ1) is 8.72. The molecule has 3 heteroatoms. The number of ether oxygens (including phenoxy) is 1. The van der Waals surface area contributed by atoms with Crippen LogP contribution in [0, 0.1) is 0 Å². The van der Waals surface area contributed by atoms with Crippen molar-refractivity contribution in [3.05, 3.63) is 24.3 Å². The molecule has 1 aromatic carbocycles. The molecule has 1 unspecified atom stereocenters. The molecule has 1 aromatic rings. The Balaban J connectivity index is 2.05. The summed E-state index contributed by atoms with van der Waals surface area (Å²) < 4.78 is 5.88. The SMILES string of the molecule is CCN(CC)c1cccc(OC2CCC(=O)C2)c1. The van der Waals surface area contributed by atoms with E-state index in [2.05, 4.69) is 30.9 Å². The number of hydrogen-bond acceptors (Lipinski definition) is 3. The van der Waals surface area contributed by atoms with Crippen molar-refractivity contribution >= 4 is 11.5 Å². The molecule has 1 fully saturated rings. The van der Waals surface area contributed by atoms with E-state index in [4.69, 9.17) is 4.74 Å². The monoisotopic (exact) mass is 247 g/mol. The summed E-state index contributed by atoms with van der Waals surface area (Å²) in [6, 6.07) is 8.14. The number of carbonyl (C=O) groups excluding carboxylic acids is 1. The minimum atomic E-state index is 0.0736. The third-order valence-corrected chi connectivity index (χ3v) is 3.45. The Morgan fingerprint density at radius 1 is 1.33 bits per heavy atom. The number of carbonyl (C=O) groups is 1. The first-order valence-corrected chi connectivity index (χ1v) is 6.76. The fourth-order valence-electron chi connectivity index (χ4n) is 2.42. The largest absolute Gasteiger partial charge is 0.490 e. The Morgan fingerprint density at radius 3 is 2.72 bits per heavy atom. The zero-order chi connectivity index (χ0) is 13.0. The molecule has 0 N–H and O–H groups in total. The van der Waals surface area contributed by atoms with Crippen LogP contribution in [0.3, 0.4) is 0 Å². The van der Waals surface area contributed by atoms with E-state index < -0.39 is 0 Å². The topological polar surface area (TPSA) is 29.5 Å². The van der Waals surface area contributed by atoms with Crippen molar-refractivity contribution < 1.29 is 9.53 Å². The minimum Gasteiger partial charge on any atom is -0.490 e. The van der Waals surface area contributed by atoms with E-state index in [0.29, 0.717) is 18.6 Å². The normalized spacial score (nSPS) is 19.0. The van der Waals surface area contributed by atoms with Gasteiger partial charge in [-0.05, 0) is 32.4 Å². The van der Waals surface area contributed by atoms with E-state index in [1.54, 1.807) is 0 Å². The van der Waals surface area contributed by atoms with Crippen molar-refractivity contribution in [2.75, 3.05) is 18.0 Å². The van der Waals surface area contributed by atoms with Crippen molar-refractivity contribution in [1.29, 1.82) is 0 Å². The number of Topliss-reactive ketones (excluding diaryl/α,β-unsaturated/α-hetero) is 1. The molecule has 0 amide bonds. The lowest BCUT2D eigenvalue weighted by Gasteiger charge is -2.22. The molecule has 98 valence electrons. The molecule has 18 heavy (non-hydrogen) atoms. The summed E-state index contributed by atoms with van der Waals surface area (Å²) >= 11 is 0. The summed E-state index contributed by atoms with van der Waals surface area (Å²) in [6.07, 6.45) is 2.16. The van der Waals surface area contributed by atoms with Crippen LogP contribution in [-0.4, -0.2) is 25.0 Å². The molecule has 0 radical (unpaired) electrons. The summed E-state index contributed by atoms with van der Waals surface area (Å²) in [6.45, 7) is 6.27. The van der Waals surface area contributed by atoms with Gasteiger partial charge in [-0.1, -0.05) is 6.07 Å². The number of benzene rings is 1. The third kappa shape index (κ3) is 3.03. The van der Waals surface area contributed by atoms with E-state index in [0.717, 1.165) is 25.3 Å². The fraction of sp³-hybridized carbons (Fsp3) is 0.533. The van der Waals surface area contributed by atoms with Crippen molar-refractivity contribution in [2.24, 2.45) is 0 Å². The van der Waals surface area contributed by atoms with Crippen molar-refractivity contribution in [1.82, 2.24) is 0 Å². The summed E-state index contributed by atoms with van der Waals surface area (Å²) in [7, 11) is 0. The Labute approximate surface area is 109 Å². The number of hydrogen-bond donors (Lipinski definition) is 0. The molecule has 0 aliphatic heterocycles. The standard InChI is InChI=1S/C15H21NO2/c1-3-16(4-2)12-6-5-7-14(10-12)18-15-9-8-13(17)11-15/h5-7,10,15H,3-4,8-9,11H2,1-2H3. The van der Waals surface area contributed by atoms with E-state index in [9.17, 15) is 4.79 Å². The van der Waals surface area contributed by atoms with Crippen molar-refractivity contribution in [3.8, 4) is 5.75 Å². The molecule has 1 aliphatic rings. The van der Waals surface area contributed by atoms with Crippen LogP contribution in [0.25, 0.3) is 0 Å². The van der Waals surface area contributed by atoms with Crippen LogP contribution in [0.5, 0.6) is 5.75 Å². The molecule has 0 spiro atoms. The molecule has 1 saturated carbocycles. The van der Waals surface area contributed by atoms with Gasteiger partial charge in [0.25, 0.3) is 0 Å². The van der Waals surface area contributed by atoms with E-state index in [-0.39, 0.29) is 6.10 Å². The molecular weight excluding hydrogens is 226 g/mol. The molecule has 1 atom stereocenters. The lowest BCUT2D eigenvalue weighted by Crippen LogP contribution is -2.21. The Morgan fingerprint density at radius 2 is 2.11 bits per heavy atom. The molecule has 0 heterocycles. The van der Waals surface area contributed by atoms with Gasteiger partial charge in [0.2, 0.25) is 0 Å². The third-order valence-electron chi connectivity index (χ3n) is 3.45. The molecule has 0 aromatic heterocycles. The maximum absolute atomic E-state index is 11.2. The van der Waals surface area contributed by atoms with Gasteiger partial charge in [-0.15, -0.1) is 0 Å². The lowest BCUT2D eigenvalue weighted by molar-refractivity contribution is -0.117. The van der Waals surface area contributed by atoms with Gasteiger partial charge >= 0.3 is 0 Å². The predicted octanol–water partition coefficient (Wildman–Crippen LogP) is 3.03. The Hall–Kier alpha value is -1.51. The highest BCUT2D eigenvalue weighted by Crippen LogP contribution is 2.25. The second-order valence-electron chi connectivity index (χ2n) is 4.69. The number of nitrogens with zero attached hydrogens (tertiary/aromatic N) is 1. The van der Waals surface area contributed by atoms with E-state index in [1.165, 1.54) is 5.69 Å². The first-order valence-electron chi connectivity index (χ1n) is 6.76. The average molecular weight is 247 g/mol. The molecule has 1 aliphatic carbocycles. The first kappa shape index (κ1) is 12.9. The maximum Gasteiger partial charge on any atom is 0.136 e. The lowest BCUT2D eigenvalue weighted by atomic mass is 10.2.